The summed E-state index contributed by atoms with van der Waals surface area (Å²) in [6.07, 6.45) is 3.55. The van der Waals surface area contributed by atoms with E-state index in [0.717, 1.165) is 11.4 Å². The van der Waals surface area contributed by atoms with Crippen molar-refractivity contribution in [3.63, 3.8) is 0 Å². The molecule has 6 heteroatoms. The number of benzene rings is 1. The monoisotopic (exact) mass is 296 g/mol. The predicted molar refractivity (Wildman–Crippen MR) is 80.2 cm³/mol. The first-order valence-electron chi connectivity index (χ1n) is 6.91. The van der Waals surface area contributed by atoms with Gasteiger partial charge in [0.15, 0.2) is 0 Å². The Balaban J connectivity index is 1.93. The number of aryl methyl sites for hydroxylation is 2. The molecule has 112 valence electrons. The predicted octanol–water partition coefficient (Wildman–Crippen LogP) is 2.24. The molecule has 0 aliphatic heterocycles. The van der Waals surface area contributed by atoms with Crippen LogP contribution in [0.5, 0.6) is 0 Å². The molecule has 2 aromatic heterocycles. The van der Waals surface area contributed by atoms with Crippen LogP contribution in [0.25, 0.3) is 0 Å². The molecule has 0 aliphatic carbocycles. The van der Waals surface area contributed by atoms with Crippen LogP contribution >= 0.6 is 0 Å². The highest BCUT2D eigenvalue weighted by atomic mass is 16.5. The molecule has 3 aromatic rings. The average molecular weight is 296 g/mol. The van der Waals surface area contributed by atoms with Gasteiger partial charge in [0.25, 0.3) is 5.91 Å². The van der Waals surface area contributed by atoms with Crippen LogP contribution in [0.3, 0.4) is 0 Å². The minimum absolute atomic E-state index is 0.188. The third kappa shape index (κ3) is 2.76. The van der Waals surface area contributed by atoms with Gasteiger partial charge in [0.2, 0.25) is 5.76 Å². The maximum atomic E-state index is 12.4. The summed E-state index contributed by atoms with van der Waals surface area (Å²) in [6.45, 7) is 1.77. The molecule has 0 unspecified atom stereocenters. The van der Waals surface area contributed by atoms with E-state index in [1.165, 1.54) is 0 Å². The second kappa shape index (κ2) is 5.85. The topological polar surface area (TPSA) is 73.0 Å². The Morgan fingerprint density at radius 3 is 2.68 bits per heavy atom. The molecule has 22 heavy (non-hydrogen) atoms. The van der Waals surface area contributed by atoms with Crippen molar-refractivity contribution >= 4 is 5.91 Å². The largest absolute Gasteiger partial charge is 0.351 e. The zero-order chi connectivity index (χ0) is 15.5. The lowest BCUT2D eigenvalue weighted by Crippen LogP contribution is -2.30. The minimum atomic E-state index is -0.362. The molecule has 0 saturated heterocycles. The molecule has 1 aromatic carbocycles. The summed E-state index contributed by atoms with van der Waals surface area (Å²) in [5.74, 6) is 0.612. The molecule has 0 bridgehead atoms. The molecule has 0 radical (unpaired) electrons. The summed E-state index contributed by atoms with van der Waals surface area (Å²) in [5, 5.41) is 6.69. The van der Waals surface area contributed by atoms with E-state index in [1.807, 2.05) is 48.1 Å². The normalized spacial score (nSPS) is 12.1. The van der Waals surface area contributed by atoms with Crippen molar-refractivity contribution in [2.45, 2.75) is 13.0 Å². The fourth-order valence-corrected chi connectivity index (χ4v) is 2.27. The fraction of sp³-hybridized carbons (Fsp3) is 0.188. The Hall–Kier alpha value is -2.89. The van der Waals surface area contributed by atoms with E-state index in [9.17, 15) is 4.79 Å². The van der Waals surface area contributed by atoms with Gasteiger partial charge in [-0.15, -0.1) is 0 Å². The maximum Gasteiger partial charge on any atom is 0.290 e. The van der Waals surface area contributed by atoms with Crippen molar-refractivity contribution < 1.29 is 9.32 Å². The van der Waals surface area contributed by atoms with Crippen molar-refractivity contribution in [3.05, 3.63) is 71.6 Å². The van der Waals surface area contributed by atoms with Crippen molar-refractivity contribution in [1.29, 1.82) is 0 Å². The summed E-state index contributed by atoms with van der Waals surface area (Å²) in [7, 11) is 1.89. The second-order valence-electron chi connectivity index (χ2n) is 5.05. The quantitative estimate of drug-likeness (QED) is 0.801. The number of hydrogen-bond acceptors (Lipinski definition) is 4. The fourth-order valence-electron chi connectivity index (χ4n) is 2.27. The molecular weight excluding hydrogens is 280 g/mol. The van der Waals surface area contributed by atoms with Gasteiger partial charge in [-0.2, -0.15) is 0 Å². The molecule has 1 atom stereocenters. The molecule has 2 heterocycles. The number of rotatable bonds is 4. The van der Waals surface area contributed by atoms with Gasteiger partial charge in [-0.3, -0.25) is 4.79 Å². The van der Waals surface area contributed by atoms with Crippen LogP contribution in [0.15, 0.2) is 53.3 Å². The average Bonchev–Trinajstić information content (AvgIpc) is 3.14. The number of nitrogens with one attached hydrogen (secondary N) is 1. The summed E-state index contributed by atoms with van der Waals surface area (Å²) >= 11 is 0. The lowest BCUT2D eigenvalue weighted by molar-refractivity contribution is 0.0904. The number of carbonyl (C=O) groups is 1. The van der Waals surface area contributed by atoms with Gasteiger partial charge in [0, 0.05) is 25.5 Å². The zero-order valence-corrected chi connectivity index (χ0v) is 12.4. The summed E-state index contributed by atoms with van der Waals surface area (Å²) in [6, 6.07) is 10.9. The SMILES string of the molecule is Cc1cc(C(=O)N[C@@H](c2ccccc2)c2nccn2C)on1. The van der Waals surface area contributed by atoms with Gasteiger partial charge in [-0.05, 0) is 12.5 Å². The first kappa shape index (κ1) is 14.1. The Kier molecular flexibility index (Phi) is 3.74. The molecule has 1 N–H and O–H groups in total. The Bertz CT molecular complexity index is 776. The van der Waals surface area contributed by atoms with Crippen molar-refractivity contribution in [2.75, 3.05) is 0 Å². The Morgan fingerprint density at radius 2 is 2.09 bits per heavy atom. The van der Waals surface area contributed by atoms with Gasteiger partial charge in [-0.25, -0.2) is 4.98 Å². The van der Waals surface area contributed by atoms with Crippen molar-refractivity contribution in [1.82, 2.24) is 20.0 Å². The van der Waals surface area contributed by atoms with Gasteiger partial charge in [-0.1, -0.05) is 35.5 Å². The van der Waals surface area contributed by atoms with Crippen LogP contribution in [0.4, 0.5) is 0 Å². The van der Waals surface area contributed by atoms with E-state index in [4.69, 9.17) is 4.52 Å². The maximum absolute atomic E-state index is 12.4. The van der Waals surface area contributed by atoms with Crippen LogP contribution in [0.1, 0.15) is 33.7 Å². The Morgan fingerprint density at radius 1 is 1.32 bits per heavy atom. The van der Waals surface area contributed by atoms with E-state index in [1.54, 1.807) is 19.2 Å². The van der Waals surface area contributed by atoms with E-state index < -0.39 is 0 Å². The van der Waals surface area contributed by atoms with Crippen LogP contribution in [0.2, 0.25) is 0 Å². The third-order valence-electron chi connectivity index (χ3n) is 3.38. The second-order valence-corrected chi connectivity index (χ2v) is 5.05. The first-order chi connectivity index (χ1) is 10.6. The molecule has 0 saturated carbocycles. The van der Waals surface area contributed by atoms with Crippen molar-refractivity contribution in [3.8, 4) is 0 Å². The molecule has 0 aliphatic rings. The van der Waals surface area contributed by atoms with E-state index >= 15 is 0 Å². The third-order valence-corrected chi connectivity index (χ3v) is 3.38. The lowest BCUT2D eigenvalue weighted by atomic mass is 10.1. The number of imidazole rings is 1. The highest BCUT2D eigenvalue weighted by Crippen LogP contribution is 2.20. The Labute approximate surface area is 127 Å². The van der Waals surface area contributed by atoms with Gasteiger partial charge >= 0.3 is 0 Å². The van der Waals surface area contributed by atoms with E-state index in [0.29, 0.717) is 5.69 Å². The number of nitrogens with zero attached hydrogens (tertiary/aromatic N) is 3. The van der Waals surface area contributed by atoms with Gasteiger partial charge in [0.1, 0.15) is 11.9 Å². The van der Waals surface area contributed by atoms with Crippen LogP contribution in [0, 0.1) is 6.92 Å². The lowest BCUT2D eigenvalue weighted by Gasteiger charge is -2.18. The number of carbonyl (C=O) groups excluding carboxylic acids is 1. The smallest absolute Gasteiger partial charge is 0.290 e. The first-order valence-corrected chi connectivity index (χ1v) is 6.91. The molecule has 0 spiro atoms. The molecule has 6 nitrogen and oxygen atoms in total. The molecule has 3 rings (SSSR count). The van der Waals surface area contributed by atoms with Crippen molar-refractivity contribution in [2.24, 2.45) is 7.05 Å². The minimum Gasteiger partial charge on any atom is -0.351 e. The van der Waals surface area contributed by atoms with E-state index in [2.05, 4.69) is 15.5 Å². The van der Waals surface area contributed by atoms with E-state index in [-0.39, 0.29) is 17.7 Å². The summed E-state index contributed by atoms with van der Waals surface area (Å²) in [4.78, 5) is 16.7. The molecule has 1 amide bonds. The number of amides is 1. The summed E-state index contributed by atoms with van der Waals surface area (Å²) in [5.41, 5.74) is 1.61. The molecular formula is C16H16N4O2. The van der Waals surface area contributed by atoms with Crippen LogP contribution in [-0.2, 0) is 7.05 Å². The standard InChI is InChI=1S/C16H16N4O2/c1-11-10-13(22-19-11)16(21)18-14(12-6-4-3-5-7-12)15-17-8-9-20(15)2/h3-10,14H,1-2H3,(H,18,21)/t14-/m0/s1. The van der Waals surface area contributed by atoms with Gasteiger partial charge < -0.3 is 14.4 Å². The van der Waals surface area contributed by atoms with Crippen LogP contribution < -0.4 is 5.32 Å². The molecule has 0 fully saturated rings. The highest BCUT2D eigenvalue weighted by Gasteiger charge is 2.23. The highest BCUT2D eigenvalue weighted by molar-refractivity contribution is 5.91. The zero-order valence-electron chi connectivity index (χ0n) is 12.4. The summed E-state index contributed by atoms with van der Waals surface area (Å²) < 4.78 is 6.90. The number of hydrogen-bond donors (Lipinski definition) is 1. The van der Waals surface area contributed by atoms with Gasteiger partial charge in [0.05, 0.1) is 5.69 Å². The number of aromatic nitrogens is 3. The van der Waals surface area contributed by atoms with Crippen LogP contribution in [-0.4, -0.2) is 20.6 Å².